The molecule has 2 rings (SSSR count). The Morgan fingerprint density at radius 2 is 1.74 bits per heavy atom. The molecule has 0 bridgehead atoms. The number of sulfonamides is 1. The van der Waals surface area contributed by atoms with Gasteiger partial charge in [-0.25, -0.2) is 8.42 Å². The predicted octanol–water partition coefficient (Wildman–Crippen LogP) is 3.79. The molecule has 2 aromatic rings. The number of anilines is 2. The van der Waals surface area contributed by atoms with Crippen LogP contribution >= 0.6 is 0 Å². The van der Waals surface area contributed by atoms with Gasteiger partial charge in [0.1, 0.15) is 0 Å². The maximum absolute atomic E-state index is 13.0. The molecule has 2 aromatic carbocycles. The van der Waals surface area contributed by atoms with E-state index in [4.69, 9.17) is 0 Å². The molecule has 0 aromatic heterocycles. The van der Waals surface area contributed by atoms with Gasteiger partial charge in [0.2, 0.25) is 0 Å². The first-order valence-corrected chi connectivity index (χ1v) is 8.97. The van der Waals surface area contributed by atoms with E-state index in [1.165, 1.54) is 32.0 Å². The van der Waals surface area contributed by atoms with Crippen molar-refractivity contribution >= 4 is 27.1 Å². The molecule has 0 aliphatic rings. The number of halogens is 3. The predicted molar refractivity (Wildman–Crippen MR) is 94.4 cm³/mol. The number of nitro groups is 1. The molecule has 0 saturated heterocycles. The van der Waals surface area contributed by atoms with Crippen molar-refractivity contribution in [3.8, 4) is 0 Å². The number of alkyl halides is 3. The molecule has 0 heterocycles. The summed E-state index contributed by atoms with van der Waals surface area (Å²) in [5, 5.41) is 11.0. The summed E-state index contributed by atoms with van der Waals surface area (Å²) in [7, 11) is -1.28. The van der Waals surface area contributed by atoms with Crippen molar-refractivity contribution in [3.63, 3.8) is 0 Å². The van der Waals surface area contributed by atoms with Crippen LogP contribution in [0.2, 0.25) is 0 Å². The van der Waals surface area contributed by atoms with Gasteiger partial charge < -0.3 is 4.90 Å². The maximum Gasteiger partial charge on any atom is 0.416 e. The number of benzene rings is 2. The van der Waals surface area contributed by atoms with Gasteiger partial charge in [-0.2, -0.15) is 13.2 Å². The standard InChI is InChI=1S/C16H16F3N3O4S/c1-10-4-6-12(9-15(10)22(23)24)27(25,26)20-13-8-11(16(17,18)19)5-7-14(13)21(2)3/h4-9,20H,1-3H3. The molecule has 0 saturated carbocycles. The lowest BCUT2D eigenvalue weighted by molar-refractivity contribution is -0.385. The molecule has 0 atom stereocenters. The second-order valence-electron chi connectivity index (χ2n) is 5.94. The number of hydrogen-bond acceptors (Lipinski definition) is 5. The Morgan fingerprint density at radius 3 is 2.26 bits per heavy atom. The Hall–Kier alpha value is -2.82. The van der Waals surface area contributed by atoms with Crippen molar-refractivity contribution < 1.29 is 26.5 Å². The minimum absolute atomic E-state index is 0.202. The third-order valence-corrected chi connectivity index (χ3v) is 5.10. The molecule has 0 unspecified atom stereocenters. The lowest BCUT2D eigenvalue weighted by Gasteiger charge is -2.20. The van der Waals surface area contributed by atoms with Crippen LogP contribution in [0.25, 0.3) is 0 Å². The van der Waals surface area contributed by atoms with Crippen LogP contribution in [0.3, 0.4) is 0 Å². The van der Waals surface area contributed by atoms with Crippen molar-refractivity contribution in [2.75, 3.05) is 23.7 Å². The van der Waals surface area contributed by atoms with Gasteiger partial charge in [-0.15, -0.1) is 0 Å². The number of rotatable bonds is 5. The molecule has 0 fully saturated rings. The van der Waals surface area contributed by atoms with Crippen molar-refractivity contribution in [1.29, 1.82) is 0 Å². The van der Waals surface area contributed by atoms with Crippen molar-refractivity contribution in [2.24, 2.45) is 0 Å². The van der Waals surface area contributed by atoms with Crippen LogP contribution in [0, 0.1) is 17.0 Å². The highest BCUT2D eigenvalue weighted by atomic mass is 32.2. The molecule has 0 spiro atoms. The largest absolute Gasteiger partial charge is 0.416 e. The zero-order valence-corrected chi connectivity index (χ0v) is 15.4. The molecule has 0 amide bonds. The van der Waals surface area contributed by atoms with Gasteiger partial charge in [-0.3, -0.25) is 14.8 Å². The first-order chi connectivity index (χ1) is 12.3. The molecular formula is C16H16F3N3O4S. The number of hydrogen-bond donors (Lipinski definition) is 1. The van der Waals surface area contributed by atoms with Gasteiger partial charge in [0.15, 0.2) is 0 Å². The molecule has 27 heavy (non-hydrogen) atoms. The fourth-order valence-electron chi connectivity index (χ4n) is 2.34. The Morgan fingerprint density at radius 1 is 1.11 bits per heavy atom. The van der Waals surface area contributed by atoms with Gasteiger partial charge in [0.05, 0.1) is 26.8 Å². The van der Waals surface area contributed by atoms with Gasteiger partial charge in [0.25, 0.3) is 15.7 Å². The van der Waals surface area contributed by atoms with E-state index in [9.17, 15) is 31.7 Å². The highest BCUT2D eigenvalue weighted by molar-refractivity contribution is 7.92. The smallest absolute Gasteiger partial charge is 0.376 e. The molecular weight excluding hydrogens is 387 g/mol. The van der Waals surface area contributed by atoms with Crippen LogP contribution < -0.4 is 9.62 Å². The minimum atomic E-state index is -4.66. The van der Waals surface area contributed by atoms with E-state index >= 15 is 0 Å². The Kier molecular flexibility index (Phi) is 5.36. The van der Waals surface area contributed by atoms with E-state index in [2.05, 4.69) is 4.72 Å². The van der Waals surface area contributed by atoms with Gasteiger partial charge in [-0.1, -0.05) is 6.07 Å². The third kappa shape index (κ3) is 4.48. The van der Waals surface area contributed by atoms with E-state index in [0.29, 0.717) is 6.07 Å². The van der Waals surface area contributed by atoms with Crippen LogP contribution in [-0.2, 0) is 16.2 Å². The highest BCUT2D eigenvalue weighted by Crippen LogP contribution is 2.36. The summed E-state index contributed by atoms with van der Waals surface area (Å²) in [4.78, 5) is 11.3. The fraction of sp³-hybridized carbons (Fsp3) is 0.250. The maximum atomic E-state index is 13.0. The highest BCUT2D eigenvalue weighted by Gasteiger charge is 2.32. The summed E-state index contributed by atoms with van der Waals surface area (Å²) < 4.78 is 66.2. The second kappa shape index (κ2) is 7.06. The summed E-state index contributed by atoms with van der Waals surface area (Å²) in [6.45, 7) is 1.44. The van der Waals surface area contributed by atoms with Crippen LogP contribution in [0.4, 0.5) is 30.2 Å². The number of nitrogens with one attached hydrogen (secondary N) is 1. The number of aryl methyl sites for hydroxylation is 1. The first kappa shape index (κ1) is 20.5. The van der Waals surface area contributed by atoms with Crippen LogP contribution in [0.5, 0.6) is 0 Å². The molecule has 0 aliphatic carbocycles. The number of nitrogens with zero attached hydrogens (tertiary/aromatic N) is 2. The van der Waals surface area contributed by atoms with Gasteiger partial charge in [0, 0.05) is 25.7 Å². The molecule has 11 heteroatoms. The van der Waals surface area contributed by atoms with Crippen LogP contribution in [0.15, 0.2) is 41.3 Å². The van der Waals surface area contributed by atoms with E-state index < -0.39 is 37.3 Å². The lowest BCUT2D eigenvalue weighted by Crippen LogP contribution is -2.18. The topological polar surface area (TPSA) is 92.6 Å². The summed E-state index contributed by atoms with van der Waals surface area (Å²) in [6.07, 6.45) is -4.66. The van der Waals surface area contributed by atoms with Crippen molar-refractivity contribution in [2.45, 2.75) is 18.0 Å². The van der Waals surface area contributed by atoms with Gasteiger partial charge >= 0.3 is 6.18 Å². The Bertz CT molecular complexity index is 989. The summed E-state index contributed by atoms with van der Waals surface area (Å²) in [5.41, 5.74) is -1.27. The fourth-order valence-corrected chi connectivity index (χ4v) is 3.43. The van der Waals surface area contributed by atoms with Crippen LogP contribution in [-0.4, -0.2) is 27.4 Å². The minimum Gasteiger partial charge on any atom is -0.376 e. The molecule has 0 aliphatic heterocycles. The Labute approximate surface area is 153 Å². The molecule has 7 nitrogen and oxygen atoms in total. The van der Waals surface area contributed by atoms with Crippen molar-refractivity contribution in [1.82, 2.24) is 0 Å². The van der Waals surface area contributed by atoms with E-state index in [1.54, 1.807) is 0 Å². The summed E-state index contributed by atoms with van der Waals surface area (Å²) >= 11 is 0. The summed E-state index contributed by atoms with van der Waals surface area (Å²) in [5.74, 6) is 0. The molecule has 0 radical (unpaired) electrons. The first-order valence-electron chi connectivity index (χ1n) is 7.49. The van der Waals surface area contributed by atoms with Crippen LogP contribution in [0.1, 0.15) is 11.1 Å². The van der Waals surface area contributed by atoms with Crippen molar-refractivity contribution in [3.05, 3.63) is 57.6 Å². The Balaban J connectivity index is 2.54. The molecule has 146 valence electrons. The SMILES string of the molecule is Cc1ccc(S(=O)(=O)Nc2cc(C(F)(F)F)ccc2N(C)C)cc1[N+](=O)[O-]. The number of nitro benzene ring substituents is 1. The molecule has 1 N–H and O–H groups in total. The van der Waals surface area contributed by atoms with Gasteiger partial charge in [-0.05, 0) is 31.2 Å². The van der Waals surface area contributed by atoms with E-state index in [0.717, 1.165) is 24.3 Å². The quantitative estimate of drug-likeness (QED) is 0.606. The average Bonchev–Trinajstić information content (AvgIpc) is 2.53. The normalized spacial score (nSPS) is 11.9. The summed E-state index contributed by atoms with van der Waals surface area (Å²) in [6, 6.07) is 5.91. The zero-order valence-electron chi connectivity index (χ0n) is 14.5. The lowest BCUT2D eigenvalue weighted by atomic mass is 10.1. The zero-order chi connectivity index (χ0) is 20.6. The van der Waals surface area contributed by atoms with E-state index in [-0.39, 0.29) is 16.9 Å². The monoisotopic (exact) mass is 403 g/mol. The average molecular weight is 403 g/mol. The third-order valence-electron chi connectivity index (χ3n) is 3.74. The second-order valence-corrected chi connectivity index (χ2v) is 7.62. The van der Waals surface area contributed by atoms with E-state index in [1.807, 2.05) is 0 Å².